The van der Waals surface area contributed by atoms with Gasteiger partial charge in [-0.05, 0) is 38.8 Å². The zero-order chi connectivity index (χ0) is 17.8. The van der Waals surface area contributed by atoms with Gasteiger partial charge in [0.15, 0.2) is 5.16 Å². The number of hydrogen-bond acceptors (Lipinski definition) is 4. The lowest BCUT2D eigenvalue weighted by Gasteiger charge is -2.15. The summed E-state index contributed by atoms with van der Waals surface area (Å²) in [5, 5.41) is 3.63. The average Bonchev–Trinajstić information content (AvgIpc) is 3.21. The third-order valence-electron chi connectivity index (χ3n) is 4.15. The zero-order valence-electron chi connectivity index (χ0n) is 14.7. The highest BCUT2D eigenvalue weighted by Crippen LogP contribution is 2.24. The molecule has 1 aliphatic heterocycles. The molecule has 2 heterocycles. The minimum atomic E-state index is -0.0501. The minimum absolute atomic E-state index is 0.0501. The summed E-state index contributed by atoms with van der Waals surface area (Å²) in [5.41, 5.74) is 1.76. The standard InChI is InChI=1S/C18H24N4O2S/c1-13(2)19-16(23)11-22-15-8-4-3-7-14(15)20-18(22)25-12-17(24)21-9-5-6-10-21/h3-4,7-8,13H,5-6,9-12H2,1-2H3,(H,19,23). The summed E-state index contributed by atoms with van der Waals surface area (Å²) < 4.78 is 1.90. The van der Waals surface area contributed by atoms with Crippen molar-refractivity contribution in [3.8, 4) is 0 Å². The maximum absolute atomic E-state index is 12.3. The normalized spacial score (nSPS) is 14.4. The van der Waals surface area contributed by atoms with E-state index in [0.717, 1.165) is 37.0 Å². The van der Waals surface area contributed by atoms with Gasteiger partial charge in [0.05, 0.1) is 16.8 Å². The Morgan fingerprint density at radius 1 is 1.24 bits per heavy atom. The Labute approximate surface area is 152 Å². The summed E-state index contributed by atoms with van der Waals surface area (Å²) in [4.78, 5) is 31.0. The van der Waals surface area contributed by atoms with Crippen molar-refractivity contribution in [1.82, 2.24) is 19.8 Å². The van der Waals surface area contributed by atoms with Gasteiger partial charge in [-0.25, -0.2) is 4.98 Å². The molecular weight excluding hydrogens is 336 g/mol. The number of aromatic nitrogens is 2. The van der Waals surface area contributed by atoms with Crippen LogP contribution in [0, 0.1) is 0 Å². The number of fused-ring (bicyclic) bond motifs is 1. The van der Waals surface area contributed by atoms with Gasteiger partial charge in [-0.3, -0.25) is 9.59 Å². The summed E-state index contributed by atoms with van der Waals surface area (Å²) in [6.45, 7) is 5.79. The molecule has 0 radical (unpaired) electrons. The van der Waals surface area contributed by atoms with Crippen molar-refractivity contribution < 1.29 is 9.59 Å². The van der Waals surface area contributed by atoms with E-state index in [1.807, 2.05) is 47.6 Å². The maximum atomic E-state index is 12.3. The fraction of sp³-hybridized carbons (Fsp3) is 0.500. The van der Waals surface area contributed by atoms with Crippen LogP contribution >= 0.6 is 11.8 Å². The molecule has 1 aromatic carbocycles. The van der Waals surface area contributed by atoms with Crippen molar-refractivity contribution >= 4 is 34.6 Å². The summed E-state index contributed by atoms with van der Waals surface area (Å²) in [6, 6.07) is 7.84. The van der Waals surface area contributed by atoms with Gasteiger partial charge < -0.3 is 14.8 Å². The van der Waals surface area contributed by atoms with E-state index in [1.54, 1.807) is 0 Å². The fourth-order valence-corrected chi connectivity index (χ4v) is 3.93. The van der Waals surface area contributed by atoms with Crippen LogP contribution in [0.3, 0.4) is 0 Å². The highest BCUT2D eigenvalue weighted by atomic mass is 32.2. The molecule has 6 nitrogen and oxygen atoms in total. The van der Waals surface area contributed by atoms with Crippen LogP contribution in [0.2, 0.25) is 0 Å². The van der Waals surface area contributed by atoms with E-state index in [0.29, 0.717) is 10.9 Å². The average molecular weight is 360 g/mol. The second-order valence-electron chi connectivity index (χ2n) is 6.57. The number of amides is 2. The fourth-order valence-electron chi connectivity index (χ4n) is 3.01. The Bertz CT molecular complexity index is 766. The number of nitrogens with one attached hydrogen (secondary N) is 1. The highest BCUT2D eigenvalue weighted by molar-refractivity contribution is 7.99. The Morgan fingerprint density at radius 3 is 2.68 bits per heavy atom. The van der Waals surface area contributed by atoms with Gasteiger partial charge >= 0.3 is 0 Å². The van der Waals surface area contributed by atoms with E-state index in [9.17, 15) is 9.59 Å². The first kappa shape index (κ1) is 17.8. The number of carbonyl (C=O) groups excluding carboxylic acids is 2. The molecule has 1 N–H and O–H groups in total. The molecule has 0 unspecified atom stereocenters. The van der Waals surface area contributed by atoms with Crippen LogP contribution in [0.4, 0.5) is 0 Å². The Kier molecular flexibility index (Phi) is 5.63. The number of imidazole rings is 1. The first-order chi connectivity index (χ1) is 12.0. The topological polar surface area (TPSA) is 67.2 Å². The van der Waals surface area contributed by atoms with Crippen LogP contribution in [0.25, 0.3) is 11.0 Å². The van der Waals surface area contributed by atoms with E-state index in [-0.39, 0.29) is 24.4 Å². The molecule has 0 spiro atoms. The number of likely N-dealkylation sites (tertiary alicyclic amines) is 1. The quantitative estimate of drug-likeness (QED) is 0.803. The lowest BCUT2D eigenvalue weighted by Crippen LogP contribution is -2.33. The Morgan fingerprint density at radius 2 is 1.96 bits per heavy atom. The first-order valence-electron chi connectivity index (χ1n) is 8.70. The van der Waals surface area contributed by atoms with Crippen LogP contribution in [-0.4, -0.2) is 51.1 Å². The minimum Gasteiger partial charge on any atom is -0.352 e. The predicted molar refractivity (Wildman–Crippen MR) is 99.5 cm³/mol. The number of para-hydroxylation sites is 2. The summed E-state index contributed by atoms with van der Waals surface area (Å²) in [7, 11) is 0. The first-order valence-corrected chi connectivity index (χ1v) is 9.68. The molecule has 2 aromatic rings. The van der Waals surface area contributed by atoms with Gasteiger partial charge in [0.25, 0.3) is 0 Å². The number of nitrogens with zero attached hydrogens (tertiary/aromatic N) is 3. The van der Waals surface area contributed by atoms with Gasteiger partial charge in [0.1, 0.15) is 6.54 Å². The number of thioether (sulfide) groups is 1. The molecule has 0 aliphatic carbocycles. The molecule has 1 fully saturated rings. The molecule has 1 aliphatic rings. The van der Waals surface area contributed by atoms with Crippen molar-refractivity contribution in [2.75, 3.05) is 18.8 Å². The van der Waals surface area contributed by atoms with Crippen molar-refractivity contribution in [2.24, 2.45) is 0 Å². The van der Waals surface area contributed by atoms with Crippen molar-refractivity contribution in [3.63, 3.8) is 0 Å². The van der Waals surface area contributed by atoms with E-state index in [1.165, 1.54) is 11.8 Å². The summed E-state index contributed by atoms with van der Waals surface area (Å²) in [6.07, 6.45) is 2.18. The van der Waals surface area contributed by atoms with Crippen LogP contribution in [0.15, 0.2) is 29.4 Å². The molecule has 0 saturated carbocycles. The largest absolute Gasteiger partial charge is 0.352 e. The second kappa shape index (κ2) is 7.91. The lowest BCUT2D eigenvalue weighted by atomic mass is 10.3. The smallest absolute Gasteiger partial charge is 0.240 e. The van der Waals surface area contributed by atoms with Gasteiger partial charge in [0.2, 0.25) is 11.8 Å². The molecule has 134 valence electrons. The van der Waals surface area contributed by atoms with Gasteiger partial charge in [-0.15, -0.1) is 0 Å². The van der Waals surface area contributed by atoms with Crippen LogP contribution in [-0.2, 0) is 16.1 Å². The van der Waals surface area contributed by atoms with E-state index < -0.39 is 0 Å². The molecule has 1 saturated heterocycles. The molecule has 0 atom stereocenters. The van der Waals surface area contributed by atoms with Crippen LogP contribution in [0.5, 0.6) is 0 Å². The predicted octanol–water partition coefficient (Wildman–Crippen LogP) is 2.28. The zero-order valence-corrected chi connectivity index (χ0v) is 15.5. The Hall–Kier alpha value is -2.02. The van der Waals surface area contributed by atoms with E-state index in [2.05, 4.69) is 10.3 Å². The summed E-state index contributed by atoms with van der Waals surface area (Å²) in [5.74, 6) is 0.452. The molecule has 0 bridgehead atoms. The number of benzene rings is 1. The number of hydrogen-bond donors (Lipinski definition) is 1. The number of carbonyl (C=O) groups is 2. The van der Waals surface area contributed by atoms with Gasteiger partial charge in [-0.1, -0.05) is 23.9 Å². The molecule has 7 heteroatoms. The van der Waals surface area contributed by atoms with Crippen molar-refractivity contribution in [1.29, 1.82) is 0 Å². The van der Waals surface area contributed by atoms with Crippen LogP contribution in [0.1, 0.15) is 26.7 Å². The lowest BCUT2D eigenvalue weighted by molar-refractivity contribution is -0.127. The maximum Gasteiger partial charge on any atom is 0.240 e. The molecule has 3 rings (SSSR count). The van der Waals surface area contributed by atoms with E-state index in [4.69, 9.17) is 0 Å². The molecular formula is C18H24N4O2S. The number of rotatable bonds is 6. The summed E-state index contributed by atoms with van der Waals surface area (Å²) >= 11 is 1.41. The third kappa shape index (κ3) is 4.34. The van der Waals surface area contributed by atoms with E-state index >= 15 is 0 Å². The third-order valence-corrected chi connectivity index (χ3v) is 5.12. The van der Waals surface area contributed by atoms with Crippen molar-refractivity contribution in [2.45, 2.75) is 44.4 Å². The van der Waals surface area contributed by atoms with Gasteiger partial charge in [-0.2, -0.15) is 0 Å². The molecule has 25 heavy (non-hydrogen) atoms. The van der Waals surface area contributed by atoms with Gasteiger partial charge in [0, 0.05) is 19.1 Å². The molecule has 1 aromatic heterocycles. The Balaban J connectivity index is 1.77. The highest BCUT2D eigenvalue weighted by Gasteiger charge is 2.20. The SMILES string of the molecule is CC(C)NC(=O)Cn1c(SCC(=O)N2CCCC2)nc2ccccc21. The van der Waals surface area contributed by atoms with Crippen molar-refractivity contribution in [3.05, 3.63) is 24.3 Å². The molecule has 2 amide bonds. The monoisotopic (exact) mass is 360 g/mol. The van der Waals surface area contributed by atoms with Crippen LogP contribution < -0.4 is 5.32 Å². The second-order valence-corrected chi connectivity index (χ2v) is 7.51.